The van der Waals surface area contributed by atoms with Crippen molar-refractivity contribution in [3.63, 3.8) is 0 Å². The van der Waals surface area contributed by atoms with Crippen molar-refractivity contribution in [1.29, 1.82) is 5.41 Å². The Morgan fingerprint density at radius 1 is 1.54 bits per heavy atom. The van der Waals surface area contributed by atoms with E-state index < -0.39 is 0 Å². The molecule has 0 atom stereocenters. The van der Waals surface area contributed by atoms with Crippen LogP contribution in [0.1, 0.15) is 11.1 Å². The van der Waals surface area contributed by atoms with E-state index in [0.29, 0.717) is 5.70 Å². The van der Waals surface area contributed by atoms with Gasteiger partial charge in [-0.25, -0.2) is 0 Å². The Balaban J connectivity index is 0.00000144. The topological polar surface area (TPSA) is 49.9 Å². The van der Waals surface area contributed by atoms with Crippen LogP contribution >= 0.6 is 0 Å². The predicted molar refractivity (Wildman–Crippen MR) is 51.0 cm³/mol. The van der Waals surface area contributed by atoms with E-state index in [-0.39, 0.29) is 32.7 Å². The number of aryl methyl sites for hydroxylation is 1. The molecule has 0 heterocycles. The summed E-state index contributed by atoms with van der Waals surface area (Å²) in [5, 5.41) is 6.83. The largest absolute Gasteiger partial charge is 0.408 e. The first-order chi connectivity index (χ1) is 5.74. The number of nitrogens with one attached hydrogen (secondary N) is 1. The number of benzene rings is 1. The molecule has 0 unspecified atom stereocenters. The maximum atomic E-state index is 6.83. The van der Waals surface area contributed by atoms with Crippen molar-refractivity contribution in [3.05, 3.63) is 41.5 Å². The van der Waals surface area contributed by atoms with Crippen molar-refractivity contribution in [2.75, 3.05) is 0 Å². The molecule has 1 rings (SSSR count). The summed E-state index contributed by atoms with van der Waals surface area (Å²) in [6.07, 6.45) is 2.73. The Kier molecular flexibility index (Phi) is 5.84. The molecule has 1 radical (unpaired) electrons. The van der Waals surface area contributed by atoms with Crippen LogP contribution in [0.25, 0.3) is 5.70 Å². The quantitative estimate of drug-likeness (QED) is 0.607. The van der Waals surface area contributed by atoms with Gasteiger partial charge in [-0.05, 0) is 11.8 Å². The molecular weight excluding hydrogens is 237 g/mol. The zero-order chi connectivity index (χ0) is 8.97. The first kappa shape index (κ1) is 12.5. The molecule has 0 aliphatic rings. The van der Waals surface area contributed by atoms with E-state index in [9.17, 15) is 0 Å². The van der Waals surface area contributed by atoms with Gasteiger partial charge in [0.1, 0.15) is 0 Å². The second kappa shape index (κ2) is 6.06. The van der Waals surface area contributed by atoms with Crippen LogP contribution in [0.3, 0.4) is 0 Å². The predicted octanol–water partition coefficient (Wildman–Crippen LogP) is 1.74. The van der Waals surface area contributed by atoms with Crippen molar-refractivity contribution in [2.24, 2.45) is 5.73 Å². The first-order valence-electron chi connectivity index (χ1n) is 3.69. The van der Waals surface area contributed by atoms with Crippen LogP contribution in [-0.4, -0.2) is 6.21 Å². The van der Waals surface area contributed by atoms with Gasteiger partial charge in [0.2, 0.25) is 0 Å². The summed E-state index contributed by atoms with van der Waals surface area (Å²) in [6, 6.07) is 8.73. The van der Waals surface area contributed by atoms with Gasteiger partial charge in [-0.2, -0.15) is 29.8 Å². The summed E-state index contributed by atoms with van der Waals surface area (Å²) in [5.74, 6) is 0. The number of hydrogen-bond donors (Lipinski definition) is 2. The third-order valence-corrected chi connectivity index (χ3v) is 1.56. The Labute approximate surface area is 104 Å². The van der Waals surface area contributed by atoms with Crippen LogP contribution < -0.4 is 5.73 Å². The van der Waals surface area contributed by atoms with E-state index in [4.69, 9.17) is 11.1 Å². The summed E-state index contributed by atoms with van der Waals surface area (Å²) in [4.78, 5) is 0. The third-order valence-electron chi connectivity index (χ3n) is 1.56. The van der Waals surface area contributed by atoms with E-state index in [2.05, 4.69) is 6.07 Å². The summed E-state index contributed by atoms with van der Waals surface area (Å²) in [5.41, 5.74) is 8.24. The SMILES string of the molecule is Cc1[c-]cc(/C(N)=C/C=N)cc1.[Y]. The average Bonchev–Trinajstić information content (AvgIpc) is 2.06. The molecule has 0 fully saturated rings. The zero-order valence-corrected chi connectivity index (χ0v) is 10.4. The smallest absolute Gasteiger partial charge is 0.0187 e. The number of hydrogen-bond acceptors (Lipinski definition) is 2. The van der Waals surface area contributed by atoms with Gasteiger partial charge in [0.15, 0.2) is 0 Å². The van der Waals surface area contributed by atoms with Gasteiger partial charge in [-0.15, -0.1) is 5.56 Å². The van der Waals surface area contributed by atoms with Crippen molar-refractivity contribution >= 4 is 11.9 Å². The Morgan fingerprint density at radius 2 is 2.23 bits per heavy atom. The van der Waals surface area contributed by atoms with E-state index in [0.717, 1.165) is 11.1 Å². The molecule has 0 spiro atoms. The minimum absolute atomic E-state index is 0. The van der Waals surface area contributed by atoms with Crippen molar-refractivity contribution in [1.82, 2.24) is 0 Å². The molecule has 3 N–H and O–H groups in total. The summed E-state index contributed by atoms with van der Waals surface area (Å²) >= 11 is 0. The maximum absolute atomic E-state index is 6.83. The van der Waals surface area contributed by atoms with Crippen molar-refractivity contribution in [2.45, 2.75) is 6.92 Å². The first-order valence-corrected chi connectivity index (χ1v) is 3.69. The van der Waals surface area contributed by atoms with Crippen LogP contribution in [0.4, 0.5) is 0 Å². The van der Waals surface area contributed by atoms with Gasteiger partial charge < -0.3 is 11.1 Å². The average molecular weight is 248 g/mol. The molecule has 0 amide bonds. The molecular formula is C10H11N2Y-. The molecule has 1 aromatic rings. The van der Waals surface area contributed by atoms with Crippen LogP contribution in [0.5, 0.6) is 0 Å². The van der Waals surface area contributed by atoms with Gasteiger partial charge >= 0.3 is 0 Å². The Morgan fingerprint density at radius 3 is 2.69 bits per heavy atom. The molecule has 1 aromatic carbocycles. The standard InChI is InChI=1S/C10H11N2.Y/c1-8-2-4-9(5-3-8)10(12)6-7-11;/h2,4-7,11H,12H2,1H3;/q-1;/b10-6-,11-7?;. The summed E-state index contributed by atoms with van der Waals surface area (Å²) in [7, 11) is 0. The fourth-order valence-corrected chi connectivity index (χ4v) is 0.868. The van der Waals surface area contributed by atoms with Crippen LogP contribution in [-0.2, 0) is 32.7 Å². The molecule has 2 nitrogen and oxygen atoms in total. The Hall–Kier alpha value is -0.466. The third kappa shape index (κ3) is 3.84. The van der Waals surface area contributed by atoms with E-state index in [1.165, 1.54) is 6.21 Å². The summed E-state index contributed by atoms with van der Waals surface area (Å²) in [6.45, 7) is 1.97. The van der Waals surface area contributed by atoms with Gasteiger partial charge in [0.05, 0.1) is 0 Å². The Bertz CT molecular complexity index is 301. The molecule has 0 saturated heterocycles. The molecule has 3 heteroatoms. The van der Waals surface area contributed by atoms with E-state index in [1.807, 2.05) is 25.1 Å². The second-order valence-corrected chi connectivity index (χ2v) is 2.55. The molecule has 0 bridgehead atoms. The van der Waals surface area contributed by atoms with Gasteiger partial charge in [-0.3, -0.25) is 0 Å². The van der Waals surface area contributed by atoms with Crippen LogP contribution in [0.15, 0.2) is 24.3 Å². The van der Waals surface area contributed by atoms with Crippen molar-refractivity contribution in [3.8, 4) is 0 Å². The zero-order valence-electron chi connectivity index (χ0n) is 7.54. The van der Waals surface area contributed by atoms with E-state index >= 15 is 0 Å². The minimum atomic E-state index is 0. The number of nitrogens with two attached hydrogens (primary N) is 1. The van der Waals surface area contributed by atoms with Gasteiger partial charge in [0, 0.05) is 38.9 Å². The normalized spacial score (nSPS) is 10.4. The minimum Gasteiger partial charge on any atom is -0.408 e. The number of rotatable bonds is 2. The molecule has 65 valence electrons. The molecule has 0 aliphatic carbocycles. The van der Waals surface area contributed by atoms with Gasteiger partial charge in [-0.1, -0.05) is 6.92 Å². The molecule has 13 heavy (non-hydrogen) atoms. The number of allylic oxidation sites excluding steroid dienone is 1. The van der Waals surface area contributed by atoms with Gasteiger partial charge in [0.25, 0.3) is 0 Å². The summed E-state index contributed by atoms with van der Waals surface area (Å²) < 4.78 is 0. The fraction of sp³-hybridized carbons (Fsp3) is 0.100. The van der Waals surface area contributed by atoms with Crippen LogP contribution in [0, 0.1) is 18.4 Å². The second-order valence-electron chi connectivity index (χ2n) is 2.55. The monoisotopic (exact) mass is 248 g/mol. The molecule has 0 aliphatic heterocycles. The van der Waals surface area contributed by atoms with Crippen LogP contribution in [0.2, 0.25) is 0 Å². The molecule has 0 aromatic heterocycles. The van der Waals surface area contributed by atoms with E-state index in [1.54, 1.807) is 6.08 Å². The molecule has 0 saturated carbocycles. The maximum Gasteiger partial charge on any atom is 0.0187 e. The van der Waals surface area contributed by atoms with Crippen molar-refractivity contribution < 1.29 is 32.7 Å². The fourth-order valence-electron chi connectivity index (χ4n) is 0.868.